The first-order chi connectivity index (χ1) is 10.2. The van der Waals surface area contributed by atoms with Crippen LogP contribution in [0.25, 0.3) is 0 Å². The minimum Gasteiger partial charge on any atom is -0.496 e. The summed E-state index contributed by atoms with van der Waals surface area (Å²) in [6, 6.07) is 8.18. The summed E-state index contributed by atoms with van der Waals surface area (Å²) in [7, 11) is 3.41. The summed E-state index contributed by atoms with van der Waals surface area (Å²) in [5, 5.41) is 5.76. The molecule has 0 spiro atoms. The van der Waals surface area contributed by atoms with Crippen LogP contribution >= 0.6 is 11.3 Å². The van der Waals surface area contributed by atoms with Crippen molar-refractivity contribution in [1.82, 2.24) is 5.32 Å². The molecular formula is C17H23NO2S. The lowest BCUT2D eigenvalue weighted by Gasteiger charge is -2.23. The molecule has 1 atom stereocenters. The maximum Gasteiger partial charge on any atom is 0.127 e. The zero-order valence-electron chi connectivity index (χ0n) is 13.1. The van der Waals surface area contributed by atoms with Gasteiger partial charge in [-0.15, -0.1) is 11.3 Å². The number of benzene rings is 1. The Morgan fingerprint density at radius 3 is 2.29 bits per heavy atom. The van der Waals surface area contributed by atoms with Crippen molar-refractivity contribution < 1.29 is 9.47 Å². The predicted molar refractivity (Wildman–Crippen MR) is 88.7 cm³/mol. The largest absolute Gasteiger partial charge is 0.496 e. The molecule has 1 unspecified atom stereocenters. The van der Waals surface area contributed by atoms with Crippen LogP contribution in [-0.4, -0.2) is 20.8 Å². The number of hydrogen-bond acceptors (Lipinski definition) is 4. The van der Waals surface area contributed by atoms with Crippen molar-refractivity contribution in [3.8, 4) is 11.5 Å². The smallest absolute Gasteiger partial charge is 0.127 e. The molecule has 0 saturated heterocycles. The van der Waals surface area contributed by atoms with Gasteiger partial charge in [0.05, 0.1) is 25.8 Å². The van der Waals surface area contributed by atoms with E-state index < -0.39 is 0 Å². The first kappa shape index (κ1) is 15.9. The first-order valence-corrected chi connectivity index (χ1v) is 8.09. The van der Waals surface area contributed by atoms with Gasteiger partial charge in [0.2, 0.25) is 0 Å². The topological polar surface area (TPSA) is 30.5 Å². The van der Waals surface area contributed by atoms with Crippen LogP contribution in [0.15, 0.2) is 29.6 Å². The molecule has 2 aromatic rings. The van der Waals surface area contributed by atoms with Gasteiger partial charge in [0.15, 0.2) is 0 Å². The van der Waals surface area contributed by atoms with E-state index in [0.29, 0.717) is 0 Å². The third-order valence-corrected chi connectivity index (χ3v) is 4.60. The molecule has 0 radical (unpaired) electrons. The predicted octanol–water partition coefficient (Wildman–Crippen LogP) is 4.16. The SMILES string of the molecule is CCCNC(c1sccc1C)c1c(OC)cccc1OC. The van der Waals surface area contributed by atoms with Gasteiger partial charge in [-0.2, -0.15) is 0 Å². The molecule has 3 nitrogen and oxygen atoms in total. The van der Waals surface area contributed by atoms with Crippen molar-refractivity contribution in [2.75, 3.05) is 20.8 Å². The maximum atomic E-state index is 5.57. The molecule has 1 N–H and O–H groups in total. The molecule has 1 aromatic heterocycles. The number of thiophene rings is 1. The van der Waals surface area contributed by atoms with E-state index >= 15 is 0 Å². The lowest BCUT2D eigenvalue weighted by atomic mass is 10.0. The van der Waals surface area contributed by atoms with Crippen LogP contribution in [0, 0.1) is 6.92 Å². The Balaban J connectivity index is 2.53. The van der Waals surface area contributed by atoms with Crippen molar-refractivity contribution in [2.24, 2.45) is 0 Å². The Kier molecular flexibility index (Phi) is 5.65. The van der Waals surface area contributed by atoms with E-state index in [9.17, 15) is 0 Å². The summed E-state index contributed by atoms with van der Waals surface area (Å²) in [6.07, 6.45) is 1.08. The zero-order valence-corrected chi connectivity index (χ0v) is 13.9. The summed E-state index contributed by atoms with van der Waals surface area (Å²) < 4.78 is 11.1. The highest BCUT2D eigenvalue weighted by atomic mass is 32.1. The molecule has 0 bridgehead atoms. The first-order valence-electron chi connectivity index (χ1n) is 7.21. The molecule has 0 saturated carbocycles. The monoisotopic (exact) mass is 305 g/mol. The summed E-state index contributed by atoms with van der Waals surface area (Å²) in [5.74, 6) is 1.71. The minimum absolute atomic E-state index is 0.0936. The molecule has 4 heteroatoms. The molecule has 114 valence electrons. The second-order valence-corrected chi connectivity index (χ2v) is 5.88. The highest BCUT2D eigenvalue weighted by molar-refractivity contribution is 7.10. The van der Waals surface area contributed by atoms with Crippen molar-refractivity contribution in [1.29, 1.82) is 0 Å². The third kappa shape index (κ3) is 3.39. The number of ether oxygens (including phenoxy) is 2. The van der Waals surface area contributed by atoms with E-state index in [1.807, 2.05) is 18.2 Å². The molecular weight excluding hydrogens is 282 g/mol. The van der Waals surface area contributed by atoms with Crippen molar-refractivity contribution in [3.63, 3.8) is 0 Å². The third-order valence-electron chi connectivity index (χ3n) is 3.52. The molecule has 21 heavy (non-hydrogen) atoms. The summed E-state index contributed by atoms with van der Waals surface area (Å²) in [5.41, 5.74) is 2.36. The fourth-order valence-corrected chi connectivity index (χ4v) is 3.47. The fourth-order valence-electron chi connectivity index (χ4n) is 2.46. The summed E-state index contributed by atoms with van der Waals surface area (Å²) in [6.45, 7) is 5.27. The van der Waals surface area contributed by atoms with Crippen LogP contribution in [0.5, 0.6) is 11.5 Å². The van der Waals surface area contributed by atoms with E-state index in [1.54, 1.807) is 25.6 Å². The maximum absolute atomic E-state index is 5.57. The average Bonchev–Trinajstić information content (AvgIpc) is 2.93. The van der Waals surface area contributed by atoms with Gasteiger partial charge in [0, 0.05) is 4.88 Å². The van der Waals surface area contributed by atoms with Crippen LogP contribution in [0.4, 0.5) is 0 Å². The Morgan fingerprint density at radius 2 is 1.81 bits per heavy atom. The van der Waals surface area contributed by atoms with Crippen LogP contribution in [0.1, 0.15) is 35.4 Å². The van der Waals surface area contributed by atoms with Gasteiger partial charge in [0.1, 0.15) is 11.5 Å². The molecule has 1 aromatic carbocycles. The van der Waals surface area contributed by atoms with Gasteiger partial charge >= 0.3 is 0 Å². The van der Waals surface area contributed by atoms with Crippen LogP contribution in [0.2, 0.25) is 0 Å². The van der Waals surface area contributed by atoms with E-state index in [2.05, 4.69) is 30.6 Å². The number of rotatable bonds is 7. The van der Waals surface area contributed by atoms with Crippen molar-refractivity contribution in [2.45, 2.75) is 26.3 Å². The van der Waals surface area contributed by atoms with Gasteiger partial charge in [-0.1, -0.05) is 13.0 Å². The standard InChI is InChI=1S/C17H23NO2S/c1-5-10-18-16(17-12(2)9-11-21-17)15-13(19-3)7-6-8-14(15)20-4/h6-9,11,16,18H,5,10H2,1-4H3. The summed E-state index contributed by atoms with van der Waals surface area (Å²) >= 11 is 1.77. The van der Waals surface area contributed by atoms with Crippen LogP contribution in [-0.2, 0) is 0 Å². The molecule has 0 amide bonds. The highest BCUT2D eigenvalue weighted by Gasteiger charge is 2.24. The second kappa shape index (κ2) is 7.48. The Morgan fingerprint density at radius 1 is 1.14 bits per heavy atom. The molecule has 0 aliphatic heterocycles. The Hall–Kier alpha value is -1.52. The quantitative estimate of drug-likeness (QED) is 0.833. The normalized spacial score (nSPS) is 12.2. The van der Waals surface area contributed by atoms with E-state index in [0.717, 1.165) is 30.0 Å². The zero-order chi connectivity index (χ0) is 15.2. The Labute approximate surface area is 130 Å². The van der Waals surface area contributed by atoms with Crippen LogP contribution in [0.3, 0.4) is 0 Å². The number of methoxy groups -OCH3 is 2. The van der Waals surface area contributed by atoms with Gasteiger partial charge < -0.3 is 14.8 Å². The number of aryl methyl sites for hydroxylation is 1. The van der Waals surface area contributed by atoms with Crippen molar-refractivity contribution in [3.05, 3.63) is 45.6 Å². The van der Waals surface area contributed by atoms with E-state index in [1.165, 1.54) is 10.4 Å². The van der Waals surface area contributed by atoms with E-state index in [-0.39, 0.29) is 6.04 Å². The highest BCUT2D eigenvalue weighted by Crippen LogP contribution is 2.39. The molecule has 0 aliphatic rings. The van der Waals surface area contributed by atoms with Crippen LogP contribution < -0.4 is 14.8 Å². The molecule has 2 rings (SSSR count). The average molecular weight is 305 g/mol. The van der Waals surface area contributed by atoms with Gasteiger partial charge in [-0.05, 0) is 49.0 Å². The Bertz CT molecular complexity index is 558. The van der Waals surface area contributed by atoms with Gasteiger partial charge in [-0.25, -0.2) is 0 Å². The van der Waals surface area contributed by atoms with Gasteiger partial charge in [-0.3, -0.25) is 0 Å². The van der Waals surface area contributed by atoms with Crippen molar-refractivity contribution >= 4 is 11.3 Å². The molecule has 0 aliphatic carbocycles. The lowest BCUT2D eigenvalue weighted by Crippen LogP contribution is -2.24. The number of nitrogens with one attached hydrogen (secondary N) is 1. The van der Waals surface area contributed by atoms with E-state index in [4.69, 9.17) is 9.47 Å². The lowest BCUT2D eigenvalue weighted by molar-refractivity contribution is 0.377. The minimum atomic E-state index is 0.0936. The molecule has 1 heterocycles. The fraction of sp³-hybridized carbons (Fsp3) is 0.412. The number of hydrogen-bond donors (Lipinski definition) is 1. The summed E-state index contributed by atoms with van der Waals surface area (Å²) in [4.78, 5) is 1.31. The van der Waals surface area contributed by atoms with Gasteiger partial charge in [0.25, 0.3) is 0 Å². The molecule has 0 fully saturated rings. The second-order valence-electron chi connectivity index (χ2n) is 4.93.